The van der Waals surface area contributed by atoms with Gasteiger partial charge in [-0.15, -0.1) is 0 Å². The molecule has 100 valence electrons. The molecule has 0 saturated heterocycles. The number of nitrogens with two attached hydrogens (primary N) is 1. The highest BCUT2D eigenvalue weighted by Gasteiger charge is 2.22. The lowest BCUT2D eigenvalue weighted by Gasteiger charge is -2.21. The molecule has 0 aromatic carbocycles. The van der Waals surface area contributed by atoms with E-state index in [0.717, 1.165) is 25.8 Å². The summed E-state index contributed by atoms with van der Waals surface area (Å²) in [5.41, 5.74) is 10.0. The zero-order chi connectivity index (χ0) is 13.3. The minimum atomic E-state index is 0.178. The summed E-state index contributed by atoms with van der Waals surface area (Å²) in [6.07, 6.45) is 3.88. The van der Waals surface area contributed by atoms with Crippen LogP contribution in [-0.4, -0.2) is 29.5 Å². The third-order valence-corrected chi connectivity index (χ3v) is 3.83. The molecular weight excluding hydrogens is 226 g/mol. The topological polar surface area (TPSA) is 51.3 Å². The highest BCUT2D eigenvalue weighted by atomic mass is 16.2. The van der Waals surface area contributed by atoms with Crippen LogP contribution >= 0.6 is 0 Å². The first kappa shape index (κ1) is 13.1. The maximum atomic E-state index is 11.7. The Morgan fingerprint density at radius 3 is 2.94 bits per heavy atom. The van der Waals surface area contributed by atoms with E-state index >= 15 is 0 Å². The van der Waals surface area contributed by atoms with Crippen LogP contribution in [0.15, 0.2) is 6.07 Å². The molecule has 18 heavy (non-hydrogen) atoms. The lowest BCUT2D eigenvalue weighted by Crippen LogP contribution is -2.24. The SMILES string of the molecule is Cc1cc2c(n1CCC(=O)N(C)C)CCCC2N. The number of carbonyl (C=O) groups is 1. The smallest absolute Gasteiger partial charge is 0.223 e. The van der Waals surface area contributed by atoms with Crippen molar-refractivity contribution >= 4 is 5.91 Å². The summed E-state index contributed by atoms with van der Waals surface area (Å²) in [4.78, 5) is 13.3. The lowest BCUT2D eigenvalue weighted by molar-refractivity contribution is -0.128. The highest BCUT2D eigenvalue weighted by Crippen LogP contribution is 2.30. The molecule has 1 atom stereocenters. The Morgan fingerprint density at radius 1 is 1.56 bits per heavy atom. The molecular formula is C14H23N3O. The van der Waals surface area contributed by atoms with E-state index in [9.17, 15) is 4.79 Å². The minimum absolute atomic E-state index is 0.178. The molecule has 1 aliphatic rings. The zero-order valence-corrected chi connectivity index (χ0v) is 11.6. The molecule has 0 spiro atoms. The Morgan fingerprint density at radius 2 is 2.28 bits per heavy atom. The van der Waals surface area contributed by atoms with Gasteiger partial charge in [0.25, 0.3) is 0 Å². The number of aryl methyl sites for hydroxylation is 1. The van der Waals surface area contributed by atoms with E-state index in [0.29, 0.717) is 6.42 Å². The molecule has 1 unspecified atom stereocenters. The molecule has 0 bridgehead atoms. The van der Waals surface area contributed by atoms with Crippen LogP contribution in [0.5, 0.6) is 0 Å². The fraction of sp³-hybridized carbons (Fsp3) is 0.643. The quantitative estimate of drug-likeness (QED) is 0.885. The van der Waals surface area contributed by atoms with Crippen LogP contribution in [0, 0.1) is 6.92 Å². The van der Waals surface area contributed by atoms with Gasteiger partial charge < -0.3 is 15.2 Å². The number of hydrogen-bond donors (Lipinski definition) is 1. The largest absolute Gasteiger partial charge is 0.349 e. The van der Waals surface area contributed by atoms with Gasteiger partial charge in [0.15, 0.2) is 0 Å². The molecule has 0 fully saturated rings. The van der Waals surface area contributed by atoms with Gasteiger partial charge in [0.05, 0.1) is 0 Å². The van der Waals surface area contributed by atoms with Crippen molar-refractivity contribution in [2.75, 3.05) is 14.1 Å². The molecule has 2 N–H and O–H groups in total. The molecule has 1 heterocycles. The number of fused-ring (bicyclic) bond motifs is 1. The van der Waals surface area contributed by atoms with Crippen LogP contribution in [0.1, 0.15) is 42.3 Å². The number of hydrogen-bond acceptors (Lipinski definition) is 2. The second kappa shape index (κ2) is 5.14. The van der Waals surface area contributed by atoms with Crippen molar-refractivity contribution in [3.8, 4) is 0 Å². The maximum Gasteiger partial charge on any atom is 0.223 e. The van der Waals surface area contributed by atoms with Crippen LogP contribution < -0.4 is 5.73 Å². The van der Waals surface area contributed by atoms with Gasteiger partial charge in [0.1, 0.15) is 0 Å². The number of rotatable bonds is 3. The predicted octanol–water partition coefficient (Wildman–Crippen LogP) is 1.61. The van der Waals surface area contributed by atoms with Gasteiger partial charge in [0, 0.05) is 44.5 Å². The third kappa shape index (κ3) is 2.43. The summed E-state index contributed by atoms with van der Waals surface area (Å²) in [5.74, 6) is 0.178. The Balaban J connectivity index is 2.16. The van der Waals surface area contributed by atoms with Crippen molar-refractivity contribution in [1.29, 1.82) is 0 Å². The Hall–Kier alpha value is -1.29. The van der Waals surface area contributed by atoms with E-state index in [4.69, 9.17) is 5.73 Å². The Bertz CT molecular complexity index is 448. The molecule has 1 aromatic rings. The first-order valence-electron chi connectivity index (χ1n) is 6.65. The van der Waals surface area contributed by atoms with Crippen molar-refractivity contribution in [1.82, 2.24) is 9.47 Å². The van der Waals surface area contributed by atoms with Crippen molar-refractivity contribution in [2.45, 2.75) is 45.2 Å². The lowest BCUT2D eigenvalue weighted by atomic mass is 9.93. The molecule has 2 rings (SSSR count). The van der Waals surface area contributed by atoms with E-state index < -0.39 is 0 Å². The second-order valence-corrected chi connectivity index (χ2v) is 5.38. The van der Waals surface area contributed by atoms with Crippen LogP contribution in [0.3, 0.4) is 0 Å². The average Bonchev–Trinajstić information content (AvgIpc) is 2.64. The van der Waals surface area contributed by atoms with Gasteiger partial charge >= 0.3 is 0 Å². The van der Waals surface area contributed by atoms with Gasteiger partial charge in [-0.25, -0.2) is 0 Å². The second-order valence-electron chi connectivity index (χ2n) is 5.38. The van der Waals surface area contributed by atoms with E-state index in [-0.39, 0.29) is 11.9 Å². The third-order valence-electron chi connectivity index (χ3n) is 3.83. The molecule has 1 amide bonds. The van der Waals surface area contributed by atoms with E-state index in [1.807, 2.05) is 0 Å². The predicted molar refractivity (Wildman–Crippen MR) is 72.3 cm³/mol. The van der Waals surface area contributed by atoms with Crippen LogP contribution in [0.4, 0.5) is 0 Å². The summed E-state index contributed by atoms with van der Waals surface area (Å²) in [6, 6.07) is 2.37. The number of carbonyl (C=O) groups excluding carboxylic acids is 1. The summed E-state index contributed by atoms with van der Waals surface area (Å²) >= 11 is 0. The van der Waals surface area contributed by atoms with Gasteiger partial charge in [-0.3, -0.25) is 4.79 Å². The molecule has 4 nitrogen and oxygen atoms in total. The summed E-state index contributed by atoms with van der Waals surface area (Å²) in [6.45, 7) is 2.87. The Kier molecular flexibility index (Phi) is 3.76. The Labute approximate surface area is 109 Å². The van der Waals surface area contributed by atoms with E-state index in [1.165, 1.54) is 17.0 Å². The summed E-state index contributed by atoms with van der Waals surface area (Å²) in [5, 5.41) is 0. The first-order chi connectivity index (χ1) is 8.50. The van der Waals surface area contributed by atoms with E-state index in [1.54, 1.807) is 19.0 Å². The van der Waals surface area contributed by atoms with Crippen LogP contribution in [0.2, 0.25) is 0 Å². The van der Waals surface area contributed by atoms with Crippen molar-refractivity contribution in [2.24, 2.45) is 5.73 Å². The fourth-order valence-electron chi connectivity index (χ4n) is 2.74. The molecule has 0 radical (unpaired) electrons. The first-order valence-corrected chi connectivity index (χ1v) is 6.65. The maximum absolute atomic E-state index is 11.7. The molecule has 1 aliphatic carbocycles. The van der Waals surface area contributed by atoms with Crippen molar-refractivity contribution in [3.05, 3.63) is 23.0 Å². The van der Waals surface area contributed by atoms with Gasteiger partial charge in [-0.05, 0) is 37.8 Å². The minimum Gasteiger partial charge on any atom is -0.349 e. The molecule has 0 saturated carbocycles. The van der Waals surface area contributed by atoms with E-state index in [2.05, 4.69) is 17.6 Å². The summed E-state index contributed by atoms with van der Waals surface area (Å²) < 4.78 is 2.27. The molecule has 4 heteroatoms. The zero-order valence-electron chi connectivity index (χ0n) is 11.6. The van der Waals surface area contributed by atoms with Crippen molar-refractivity contribution in [3.63, 3.8) is 0 Å². The fourth-order valence-corrected chi connectivity index (χ4v) is 2.74. The average molecular weight is 249 g/mol. The number of aromatic nitrogens is 1. The normalized spacial score (nSPS) is 18.6. The van der Waals surface area contributed by atoms with Gasteiger partial charge in [-0.2, -0.15) is 0 Å². The highest BCUT2D eigenvalue weighted by molar-refractivity contribution is 5.75. The van der Waals surface area contributed by atoms with Crippen LogP contribution in [0.25, 0.3) is 0 Å². The number of amides is 1. The summed E-state index contributed by atoms with van der Waals surface area (Å²) in [7, 11) is 3.60. The van der Waals surface area contributed by atoms with Gasteiger partial charge in [-0.1, -0.05) is 0 Å². The monoisotopic (exact) mass is 249 g/mol. The molecule has 1 aromatic heterocycles. The van der Waals surface area contributed by atoms with Crippen molar-refractivity contribution < 1.29 is 4.79 Å². The standard InChI is InChI=1S/C14H23N3O/c1-10-9-11-12(15)5-4-6-13(11)17(10)8-7-14(18)16(2)3/h9,12H,4-8,15H2,1-3H3. The molecule has 0 aliphatic heterocycles. The van der Waals surface area contributed by atoms with Gasteiger partial charge in [0.2, 0.25) is 5.91 Å². The number of nitrogens with zero attached hydrogens (tertiary/aromatic N) is 2. The van der Waals surface area contributed by atoms with Crippen LogP contribution in [-0.2, 0) is 17.8 Å².